The molecule has 0 bridgehead atoms. The van der Waals surface area contributed by atoms with Crippen LogP contribution in [0.5, 0.6) is 0 Å². The van der Waals surface area contributed by atoms with E-state index in [4.69, 9.17) is 5.11 Å². The summed E-state index contributed by atoms with van der Waals surface area (Å²) in [7, 11) is 0. The van der Waals surface area contributed by atoms with E-state index in [0.29, 0.717) is 6.54 Å². The zero-order valence-corrected chi connectivity index (χ0v) is 11.2. The summed E-state index contributed by atoms with van der Waals surface area (Å²) < 4.78 is 0. The summed E-state index contributed by atoms with van der Waals surface area (Å²) in [6, 6.07) is 0.785. The maximum atomic E-state index is 11.5. The van der Waals surface area contributed by atoms with E-state index in [0.717, 1.165) is 17.8 Å². The Hall–Kier alpha value is -2.09. The minimum atomic E-state index is -1.11. The van der Waals surface area contributed by atoms with Gasteiger partial charge in [-0.3, -0.25) is 10.1 Å². The molecule has 0 spiro atoms. The number of carbonyl (C=O) groups excluding carboxylic acids is 2. The molecule has 3 amide bonds. The van der Waals surface area contributed by atoms with Gasteiger partial charge in [0.1, 0.15) is 5.00 Å². The number of amides is 3. The van der Waals surface area contributed by atoms with Gasteiger partial charge in [-0.15, -0.1) is 11.3 Å². The molecule has 0 unspecified atom stereocenters. The summed E-state index contributed by atoms with van der Waals surface area (Å²) >= 11 is 1.10. The summed E-state index contributed by atoms with van der Waals surface area (Å²) in [5.74, 6) is -1.40. The smallest absolute Gasteiger partial charge is 0.338 e. The number of aromatic carboxylic acids is 1. The molecule has 1 aromatic heterocycles. The number of carbonyl (C=O) groups is 3. The number of urea groups is 1. The third-order valence-electron chi connectivity index (χ3n) is 2.10. The first-order chi connectivity index (χ1) is 9.04. The van der Waals surface area contributed by atoms with Crippen molar-refractivity contribution < 1.29 is 19.5 Å². The van der Waals surface area contributed by atoms with Crippen LogP contribution in [0.25, 0.3) is 0 Å². The Morgan fingerprint density at radius 1 is 1.32 bits per heavy atom. The summed E-state index contributed by atoms with van der Waals surface area (Å²) in [5.41, 5.74) is 0.0237. The van der Waals surface area contributed by atoms with Crippen LogP contribution in [0.2, 0.25) is 0 Å². The number of carboxylic acid groups (broad SMARTS) is 1. The van der Waals surface area contributed by atoms with Gasteiger partial charge >= 0.3 is 12.0 Å². The van der Waals surface area contributed by atoms with E-state index in [1.54, 1.807) is 5.38 Å². The molecule has 1 heterocycles. The van der Waals surface area contributed by atoms with Crippen molar-refractivity contribution in [2.75, 3.05) is 18.4 Å². The molecule has 0 aliphatic carbocycles. The lowest BCUT2D eigenvalue weighted by Crippen LogP contribution is -2.39. The van der Waals surface area contributed by atoms with Gasteiger partial charge in [-0.25, -0.2) is 9.59 Å². The molecule has 1 aromatic rings. The van der Waals surface area contributed by atoms with Crippen LogP contribution in [0.15, 0.2) is 11.4 Å². The number of nitrogens with one attached hydrogen (secondary N) is 3. The van der Waals surface area contributed by atoms with Gasteiger partial charge in [0, 0.05) is 6.54 Å². The van der Waals surface area contributed by atoms with Crippen molar-refractivity contribution in [1.29, 1.82) is 0 Å². The monoisotopic (exact) mass is 285 g/mol. The normalized spacial score (nSPS) is 9.74. The second-order valence-electron chi connectivity index (χ2n) is 3.63. The van der Waals surface area contributed by atoms with E-state index in [2.05, 4.69) is 16.0 Å². The minimum Gasteiger partial charge on any atom is -0.478 e. The molecule has 0 radical (unpaired) electrons. The quantitative estimate of drug-likeness (QED) is 0.627. The first-order valence-corrected chi connectivity index (χ1v) is 6.55. The fourth-order valence-corrected chi connectivity index (χ4v) is 1.98. The Bertz CT molecular complexity index is 472. The van der Waals surface area contributed by atoms with Crippen molar-refractivity contribution in [2.24, 2.45) is 0 Å². The van der Waals surface area contributed by atoms with E-state index < -0.39 is 12.0 Å². The van der Waals surface area contributed by atoms with Gasteiger partial charge in [0.05, 0.1) is 12.1 Å². The van der Waals surface area contributed by atoms with Crippen molar-refractivity contribution in [1.82, 2.24) is 10.6 Å². The Labute approximate surface area is 114 Å². The molecular weight excluding hydrogens is 270 g/mol. The molecule has 0 saturated carbocycles. The molecule has 0 aromatic carbocycles. The van der Waals surface area contributed by atoms with Crippen LogP contribution in [-0.4, -0.2) is 36.1 Å². The highest BCUT2D eigenvalue weighted by Crippen LogP contribution is 2.22. The second-order valence-corrected chi connectivity index (χ2v) is 4.54. The fraction of sp³-hybridized carbons (Fsp3) is 0.364. The predicted octanol–water partition coefficient (Wildman–Crippen LogP) is 1.09. The number of rotatable bonds is 6. The van der Waals surface area contributed by atoms with Crippen molar-refractivity contribution in [3.8, 4) is 0 Å². The maximum Gasteiger partial charge on any atom is 0.338 e. The molecule has 19 heavy (non-hydrogen) atoms. The van der Waals surface area contributed by atoms with Gasteiger partial charge in [-0.1, -0.05) is 6.92 Å². The molecule has 7 nitrogen and oxygen atoms in total. The standard InChI is InChI=1S/C11H15N3O4S/c1-2-4-12-8(15)6-13-11(18)14-9-7(10(16)17)3-5-19-9/h3,5H,2,4,6H2,1H3,(H,12,15)(H,16,17)(H2,13,14,18). The Morgan fingerprint density at radius 2 is 2.05 bits per heavy atom. The van der Waals surface area contributed by atoms with Gasteiger partial charge in [0.2, 0.25) is 5.91 Å². The summed E-state index contributed by atoms with van der Waals surface area (Å²) in [4.78, 5) is 33.5. The third-order valence-corrected chi connectivity index (χ3v) is 2.93. The number of hydrogen-bond acceptors (Lipinski definition) is 4. The van der Waals surface area contributed by atoms with Gasteiger partial charge in [-0.2, -0.15) is 0 Å². The van der Waals surface area contributed by atoms with Gasteiger partial charge in [0.25, 0.3) is 0 Å². The molecule has 104 valence electrons. The maximum absolute atomic E-state index is 11.5. The van der Waals surface area contributed by atoms with Crippen molar-refractivity contribution in [2.45, 2.75) is 13.3 Å². The molecule has 4 N–H and O–H groups in total. The third kappa shape index (κ3) is 4.96. The molecule has 0 aliphatic heterocycles. The lowest BCUT2D eigenvalue weighted by molar-refractivity contribution is -0.120. The second kappa shape index (κ2) is 7.37. The number of hydrogen-bond donors (Lipinski definition) is 4. The van der Waals surface area contributed by atoms with Crippen LogP contribution in [0.4, 0.5) is 9.80 Å². The molecule has 8 heteroatoms. The van der Waals surface area contributed by atoms with E-state index >= 15 is 0 Å². The zero-order chi connectivity index (χ0) is 14.3. The van der Waals surface area contributed by atoms with E-state index in [1.165, 1.54) is 6.07 Å². The van der Waals surface area contributed by atoms with Gasteiger partial charge in [0.15, 0.2) is 0 Å². The molecular formula is C11H15N3O4S. The average Bonchev–Trinajstić information content (AvgIpc) is 2.82. The van der Waals surface area contributed by atoms with Crippen molar-refractivity contribution in [3.63, 3.8) is 0 Å². The van der Waals surface area contributed by atoms with Crippen LogP contribution in [0.3, 0.4) is 0 Å². The largest absolute Gasteiger partial charge is 0.478 e. The molecule has 1 rings (SSSR count). The highest BCUT2D eigenvalue weighted by atomic mass is 32.1. The summed E-state index contributed by atoms with van der Waals surface area (Å²) in [5, 5.41) is 18.0. The Kier molecular flexibility index (Phi) is 5.80. The molecule has 0 atom stereocenters. The molecule has 0 saturated heterocycles. The Balaban J connectivity index is 2.41. The topological polar surface area (TPSA) is 108 Å². The van der Waals surface area contributed by atoms with Crippen molar-refractivity contribution >= 4 is 34.2 Å². The number of thiophene rings is 1. The highest BCUT2D eigenvalue weighted by Gasteiger charge is 2.13. The SMILES string of the molecule is CCCNC(=O)CNC(=O)Nc1sccc1C(=O)O. The van der Waals surface area contributed by atoms with Crippen LogP contribution >= 0.6 is 11.3 Å². The minimum absolute atomic E-state index is 0.0237. The van der Waals surface area contributed by atoms with Crippen molar-refractivity contribution in [3.05, 3.63) is 17.0 Å². The summed E-state index contributed by atoms with van der Waals surface area (Å²) in [6.07, 6.45) is 0.815. The summed E-state index contributed by atoms with van der Waals surface area (Å²) in [6.45, 7) is 2.32. The zero-order valence-electron chi connectivity index (χ0n) is 10.4. The molecule has 0 aliphatic rings. The fourth-order valence-electron chi connectivity index (χ4n) is 1.21. The Morgan fingerprint density at radius 3 is 2.68 bits per heavy atom. The number of anilines is 1. The van der Waals surface area contributed by atoms with Gasteiger partial charge < -0.3 is 15.7 Å². The van der Waals surface area contributed by atoms with Crippen LogP contribution < -0.4 is 16.0 Å². The van der Waals surface area contributed by atoms with Crippen LogP contribution in [0.1, 0.15) is 23.7 Å². The highest BCUT2D eigenvalue weighted by molar-refractivity contribution is 7.14. The average molecular weight is 285 g/mol. The first-order valence-electron chi connectivity index (χ1n) is 5.67. The van der Waals surface area contributed by atoms with Crippen LogP contribution in [0, 0.1) is 0 Å². The van der Waals surface area contributed by atoms with E-state index in [1.807, 2.05) is 6.92 Å². The van der Waals surface area contributed by atoms with Gasteiger partial charge in [-0.05, 0) is 17.9 Å². The lowest BCUT2D eigenvalue weighted by atomic mass is 10.3. The van der Waals surface area contributed by atoms with Crippen LogP contribution in [-0.2, 0) is 4.79 Å². The lowest BCUT2D eigenvalue weighted by Gasteiger charge is -2.07. The first kappa shape index (κ1) is 15.0. The molecule has 0 fully saturated rings. The van der Waals surface area contributed by atoms with E-state index in [9.17, 15) is 14.4 Å². The van der Waals surface area contributed by atoms with E-state index in [-0.39, 0.29) is 23.0 Å². The predicted molar refractivity (Wildman–Crippen MR) is 71.6 cm³/mol. The number of carboxylic acids is 1.